The van der Waals surface area contributed by atoms with E-state index in [9.17, 15) is 4.79 Å². The zero-order valence-corrected chi connectivity index (χ0v) is 12.3. The molecule has 2 aromatic rings. The van der Waals surface area contributed by atoms with Crippen LogP contribution in [0.5, 0.6) is 0 Å². The Morgan fingerprint density at radius 1 is 0.850 bits per heavy atom. The van der Waals surface area contributed by atoms with Crippen LogP contribution >= 0.6 is 0 Å². The van der Waals surface area contributed by atoms with Crippen LogP contribution in [0.3, 0.4) is 0 Å². The highest BCUT2D eigenvalue weighted by Crippen LogP contribution is 2.12. The minimum atomic E-state index is 0.245. The van der Waals surface area contributed by atoms with Crippen LogP contribution in [0.4, 0.5) is 0 Å². The van der Waals surface area contributed by atoms with E-state index in [2.05, 4.69) is 50.2 Å². The third kappa shape index (κ3) is 4.34. The average molecular weight is 266 g/mol. The summed E-state index contributed by atoms with van der Waals surface area (Å²) >= 11 is 0. The van der Waals surface area contributed by atoms with Crippen molar-refractivity contribution in [2.24, 2.45) is 5.92 Å². The summed E-state index contributed by atoms with van der Waals surface area (Å²) in [6.45, 7) is 4.15. The fourth-order valence-electron chi connectivity index (χ4n) is 2.28. The van der Waals surface area contributed by atoms with Crippen LogP contribution in [0.25, 0.3) is 0 Å². The summed E-state index contributed by atoms with van der Waals surface area (Å²) in [5.74, 6) is 0.662. The molecule has 0 aliphatic carbocycles. The standard InChI is InChI=1S/C19H22O/c1-15(2)14-19(20)18-12-10-17(11-13-18)9-8-16-6-4-3-5-7-16/h3-7,10-13,15H,8-9,14H2,1-2H3. The van der Waals surface area contributed by atoms with Gasteiger partial charge < -0.3 is 0 Å². The van der Waals surface area contributed by atoms with Crippen molar-refractivity contribution in [3.63, 3.8) is 0 Å². The number of aryl methyl sites for hydroxylation is 2. The number of rotatable bonds is 6. The second-order valence-electron chi connectivity index (χ2n) is 5.70. The maximum Gasteiger partial charge on any atom is 0.163 e. The van der Waals surface area contributed by atoms with E-state index in [4.69, 9.17) is 0 Å². The predicted molar refractivity (Wildman–Crippen MR) is 84.1 cm³/mol. The lowest BCUT2D eigenvalue weighted by atomic mass is 9.98. The number of ketones is 1. The van der Waals surface area contributed by atoms with Gasteiger partial charge in [-0.3, -0.25) is 4.79 Å². The summed E-state index contributed by atoms with van der Waals surface area (Å²) in [6, 6.07) is 18.6. The summed E-state index contributed by atoms with van der Waals surface area (Å²) in [6.07, 6.45) is 2.69. The summed E-state index contributed by atoms with van der Waals surface area (Å²) in [7, 11) is 0. The van der Waals surface area contributed by atoms with Crippen molar-refractivity contribution in [1.29, 1.82) is 0 Å². The molecular formula is C19H22O. The molecule has 0 aromatic heterocycles. The predicted octanol–water partition coefficient (Wildman–Crippen LogP) is 4.70. The molecule has 0 saturated carbocycles. The van der Waals surface area contributed by atoms with Gasteiger partial charge in [-0.1, -0.05) is 68.4 Å². The maximum atomic E-state index is 11.9. The molecule has 0 saturated heterocycles. The number of benzene rings is 2. The number of Topliss-reactive ketones (excluding diaryl/α,β-unsaturated/α-hetero) is 1. The highest BCUT2D eigenvalue weighted by atomic mass is 16.1. The first kappa shape index (κ1) is 14.5. The van der Waals surface area contributed by atoms with Crippen molar-refractivity contribution in [2.45, 2.75) is 33.1 Å². The van der Waals surface area contributed by atoms with E-state index in [0.717, 1.165) is 18.4 Å². The van der Waals surface area contributed by atoms with E-state index in [1.807, 2.05) is 18.2 Å². The number of carbonyl (C=O) groups excluding carboxylic acids is 1. The average Bonchev–Trinajstić information content (AvgIpc) is 2.46. The molecule has 20 heavy (non-hydrogen) atoms. The fourth-order valence-corrected chi connectivity index (χ4v) is 2.28. The zero-order chi connectivity index (χ0) is 14.4. The smallest absolute Gasteiger partial charge is 0.163 e. The van der Waals surface area contributed by atoms with Gasteiger partial charge in [0.05, 0.1) is 0 Å². The lowest BCUT2D eigenvalue weighted by molar-refractivity contribution is 0.0968. The van der Waals surface area contributed by atoms with E-state index < -0.39 is 0 Å². The molecule has 0 amide bonds. The van der Waals surface area contributed by atoms with Crippen molar-refractivity contribution in [2.75, 3.05) is 0 Å². The molecule has 0 radical (unpaired) electrons. The second kappa shape index (κ2) is 7.04. The number of hydrogen-bond donors (Lipinski definition) is 0. The molecule has 0 spiro atoms. The first-order valence-corrected chi connectivity index (χ1v) is 7.31. The van der Waals surface area contributed by atoms with Gasteiger partial charge in [0.15, 0.2) is 5.78 Å². The van der Waals surface area contributed by atoms with Crippen molar-refractivity contribution < 1.29 is 4.79 Å². The van der Waals surface area contributed by atoms with Gasteiger partial charge in [0.25, 0.3) is 0 Å². The molecule has 2 rings (SSSR count). The summed E-state index contributed by atoms with van der Waals surface area (Å²) in [5, 5.41) is 0. The number of carbonyl (C=O) groups is 1. The normalized spacial score (nSPS) is 10.8. The van der Waals surface area contributed by atoms with Crippen LogP contribution in [-0.2, 0) is 12.8 Å². The summed E-state index contributed by atoms with van der Waals surface area (Å²) < 4.78 is 0. The third-order valence-electron chi connectivity index (χ3n) is 3.41. The van der Waals surface area contributed by atoms with E-state index in [1.54, 1.807) is 0 Å². The van der Waals surface area contributed by atoms with E-state index in [0.29, 0.717) is 12.3 Å². The molecule has 104 valence electrons. The molecule has 0 heterocycles. The fraction of sp³-hybridized carbons (Fsp3) is 0.316. The van der Waals surface area contributed by atoms with Crippen molar-refractivity contribution in [1.82, 2.24) is 0 Å². The van der Waals surface area contributed by atoms with Gasteiger partial charge in [-0.25, -0.2) is 0 Å². The van der Waals surface area contributed by atoms with Crippen LogP contribution < -0.4 is 0 Å². The second-order valence-corrected chi connectivity index (χ2v) is 5.70. The molecule has 0 aliphatic rings. The molecule has 0 aliphatic heterocycles. The van der Waals surface area contributed by atoms with Gasteiger partial charge in [-0.05, 0) is 29.9 Å². The zero-order valence-electron chi connectivity index (χ0n) is 12.3. The first-order chi connectivity index (χ1) is 9.65. The van der Waals surface area contributed by atoms with Crippen LogP contribution in [0.1, 0.15) is 41.8 Å². The van der Waals surface area contributed by atoms with E-state index in [1.165, 1.54) is 11.1 Å². The quantitative estimate of drug-likeness (QED) is 0.693. The van der Waals surface area contributed by atoms with Gasteiger partial charge in [0.1, 0.15) is 0 Å². The minimum Gasteiger partial charge on any atom is -0.294 e. The maximum absolute atomic E-state index is 11.9. The largest absolute Gasteiger partial charge is 0.294 e. The lowest BCUT2D eigenvalue weighted by Crippen LogP contribution is -2.03. The molecule has 0 N–H and O–H groups in total. The van der Waals surface area contributed by atoms with Crippen molar-refractivity contribution in [3.8, 4) is 0 Å². The summed E-state index contributed by atoms with van der Waals surface area (Å²) in [4.78, 5) is 11.9. The Labute approximate surface area is 121 Å². The SMILES string of the molecule is CC(C)CC(=O)c1ccc(CCc2ccccc2)cc1. The Morgan fingerprint density at radius 2 is 1.40 bits per heavy atom. The minimum absolute atomic E-state index is 0.245. The van der Waals surface area contributed by atoms with Gasteiger partial charge in [-0.15, -0.1) is 0 Å². The number of hydrogen-bond acceptors (Lipinski definition) is 1. The Bertz CT molecular complexity index is 538. The highest BCUT2D eigenvalue weighted by Gasteiger charge is 2.07. The van der Waals surface area contributed by atoms with Crippen LogP contribution in [0.15, 0.2) is 54.6 Å². The molecule has 0 bridgehead atoms. The third-order valence-corrected chi connectivity index (χ3v) is 3.41. The molecule has 2 aromatic carbocycles. The van der Waals surface area contributed by atoms with Crippen LogP contribution in [0, 0.1) is 5.92 Å². The van der Waals surface area contributed by atoms with Gasteiger partial charge in [-0.2, -0.15) is 0 Å². The van der Waals surface area contributed by atoms with Gasteiger partial charge in [0.2, 0.25) is 0 Å². The molecule has 0 unspecified atom stereocenters. The van der Waals surface area contributed by atoms with E-state index >= 15 is 0 Å². The van der Waals surface area contributed by atoms with Crippen molar-refractivity contribution in [3.05, 3.63) is 71.3 Å². The Morgan fingerprint density at radius 3 is 1.95 bits per heavy atom. The Kier molecular flexibility index (Phi) is 5.11. The monoisotopic (exact) mass is 266 g/mol. The highest BCUT2D eigenvalue weighted by molar-refractivity contribution is 5.96. The van der Waals surface area contributed by atoms with Gasteiger partial charge >= 0.3 is 0 Å². The molecule has 0 atom stereocenters. The molecule has 1 nitrogen and oxygen atoms in total. The Balaban J connectivity index is 1.93. The Hall–Kier alpha value is -1.89. The summed E-state index contributed by atoms with van der Waals surface area (Å²) in [5.41, 5.74) is 3.48. The van der Waals surface area contributed by atoms with Crippen molar-refractivity contribution >= 4 is 5.78 Å². The van der Waals surface area contributed by atoms with Crippen LogP contribution in [-0.4, -0.2) is 5.78 Å². The van der Waals surface area contributed by atoms with Crippen LogP contribution in [0.2, 0.25) is 0 Å². The molecular weight excluding hydrogens is 244 g/mol. The topological polar surface area (TPSA) is 17.1 Å². The first-order valence-electron chi connectivity index (χ1n) is 7.31. The van der Waals surface area contributed by atoms with Gasteiger partial charge in [0, 0.05) is 12.0 Å². The molecule has 1 heteroatoms. The van der Waals surface area contributed by atoms with E-state index in [-0.39, 0.29) is 5.78 Å². The lowest BCUT2D eigenvalue weighted by Gasteiger charge is -2.06. The molecule has 0 fully saturated rings.